The van der Waals surface area contributed by atoms with Crippen LogP contribution in [0.3, 0.4) is 0 Å². The standard InChI is InChI=1S/C8H13ClN4S/c9-5-8-10-11-12-13(8)6-7-1-3-14-4-2-7/h7H,1-6H2. The van der Waals surface area contributed by atoms with Gasteiger partial charge in [-0.3, -0.25) is 0 Å². The van der Waals surface area contributed by atoms with Gasteiger partial charge in [-0.2, -0.15) is 11.8 Å². The minimum atomic E-state index is 0.397. The summed E-state index contributed by atoms with van der Waals surface area (Å²) < 4.78 is 1.84. The van der Waals surface area contributed by atoms with Crippen LogP contribution in [0.1, 0.15) is 18.7 Å². The van der Waals surface area contributed by atoms with Gasteiger partial charge >= 0.3 is 0 Å². The van der Waals surface area contributed by atoms with Gasteiger partial charge in [0.2, 0.25) is 0 Å². The van der Waals surface area contributed by atoms with Crippen LogP contribution in [-0.2, 0) is 12.4 Å². The van der Waals surface area contributed by atoms with Crippen LogP contribution in [0.15, 0.2) is 0 Å². The fourth-order valence-electron chi connectivity index (χ4n) is 1.63. The number of aromatic nitrogens is 4. The average molecular weight is 233 g/mol. The fraction of sp³-hybridized carbons (Fsp3) is 0.875. The Hall–Kier alpha value is -0.290. The van der Waals surface area contributed by atoms with Crippen LogP contribution >= 0.6 is 23.4 Å². The molecule has 0 bridgehead atoms. The molecule has 1 saturated heterocycles. The first kappa shape index (κ1) is 10.2. The van der Waals surface area contributed by atoms with Gasteiger partial charge in [-0.05, 0) is 40.7 Å². The molecule has 0 radical (unpaired) electrons. The molecule has 0 amide bonds. The Bertz CT molecular complexity index is 285. The Morgan fingerprint density at radius 1 is 1.43 bits per heavy atom. The van der Waals surface area contributed by atoms with E-state index in [4.69, 9.17) is 11.6 Å². The quantitative estimate of drug-likeness (QED) is 0.742. The third-order valence-corrected chi connectivity index (χ3v) is 3.79. The van der Waals surface area contributed by atoms with E-state index in [9.17, 15) is 0 Å². The maximum Gasteiger partial charge on any atom is 0.166 e. The monoisotopic (exact) mass is 232 g/mol. The fourth-order valence-corrected chi connectivity index (χ4v) is 3.03. The minimum absolute atomic E-state index is 0.397. The summed E-state index contributed by atoms with van der Waals surface area (Å²) in [5.74, 6) is 4.44. The zero-order valence-corrected chi connectivity index (χ0v) is 9.47. The first-order valence-electron chi connectivity index (χ1n) is 4.79. The van der Waals surface area contributed by atoms with E-state index in [2.05, 4.69) is 15.5 Å². The molecule has 4 nitrogen and oxygen atoms in total. The van der Waals surface area contributed by atoms with E-state index in [1.165, 1.54) is 24.3 Å². The predicted molar refractivity (Wildman–Crippen MR) is 57.4 cm³/mol. The molecule has 14 heavy (non-hydrogen) atoms. The van der Waals surface area contributed by atoms with Crippen LogP contribution in [0, 0.1) is 5.92 Å². The predicted octanol–water partition coefficient (Wildman–Crippen LogP) is 1.56. The van der Waals surface area contributed by atoms with Crippen LogP contribution in [0.2, 0.25) is 0 Å². The van der Waals surface area contributed by atoms with Crippen molar-refractivity contribution in [2.45, 2.75) is 25.3 Å². The molecule has 6 heteroatoms. The van der Waals surface area contributed by atoms with Crippen molar-refractivity contribution in [3.05, 3.63) is 5.82 Å². The largest absolute Gasteiger partial charge is 0.228 e. The number of hydrogen-bond donors (Lipinski definition) is 0. The normalized spacial score (nSPS) is 18.6. The van der Waals surface area contributed by atoms with Gasteiger partial charge in [-0.15, -0.1) is 16.7 Å². The topological polar surface area (TPSA) is 43.6 Å². The second-order valence-electron chi connectivity index (χ2n) is 3.47. The van der Waals surface area contributed by atoms with E-state index in [1.807, 2.05) is 16.4 Å². The molecule has 0 spiro atoms. The van der Waals surface area contributed by atoms with E-state index in [0.717, 1.165) is 18.3 Å². The minimum Gasteiger partial charge on any atom is -0.228 e. The summed E-state index contributed by atoms with van der Waals surface area (Å²) in [5, 5.41) is 11.4. The Kier molecular flexibility index (Phi) is 3.64. The second kappa shape index (κ2) is 4.98. The maximum atomic E-state index is 5.72. The summed E-state index contributed by atoms with van der Waals surface area (Å²) in [4.78, 5) is 0. The van der Waals surface area contributed by atoms with Crippen molar-refractivity contribution < 1.29 is 0 Å². The molecule has 1 aliphatic heterocycles. The molecule has 0 unspecified atom stereocenters. The van der Waals surface area contributed by atoms with Gasteiger partial charge in [0, 0.05) is 6.54 Å². The zero-order chi connectivity index (χ0) is 9.80. The Balaban J connectivity index is 1.95. The molecule has 1 aromatic rings. The lowest BCUT2D eigenvalue weighted by Crippen LogP contribution is -2.18. The molecule has 1 fully saturated rings. The van der Waals surface area contributed by atoms with Gasteiger partial charge < -0.3 is 0 Å². The molecule has 0 saturated carbocycles. The lowest BCUT2D eigenvalue weighted by Gasteiger charge is -2.20. The smallest absolute Gasteiger partial charge is 0.166 e. The van der Waals surface area contributed by atoms with E-state index >= 15 is 0 Å². The molecular weight excluding hydrogens is 220 g/mol. The molecule has 78 valence electrons. The van der Waals surface area contributed by atoms with Crippen molar-refractivity contribution in [1.29, 1.82) is 0 Å². The molecule has 2 rings (SSSR count). The molecule has 1 aromatic heterocycles. The Labute approximate surface area is 92.4 Å². The highest BCUT2D eigenvalue weighted by Gasteiger charge is 2.16. The highest BCUT2D eigenvalue weighted by molar-refractivity contribution is 7.99. The third-order valence-electron chi connectivity index (χ3n) is 2.50. The van der Waals surface area contributed by atoms with Gasteiger partial charge in [-0.25, -0.2) is 4.68 Å². The molecule has 0 aliphatic carbocycles. The highest BCUT2D eigenvalue weighted by Crippen LogP contribution is 2.23. The third kappa shape index (κ3) is 2.39. The number of alkyl halides is 1. The molecule has 2 heterocycles. The summed E-state index contributed by atoms with van der Waals surface area (Å²) in [5.41, 5.74) is 0. The van der Waals surface area contributed by atoms with Crippen molar-refractivity contribution in [3.8, 4) is 0 Å². The number of thioether (sulfide) groups is 1. The maximum absolute atomic E-state index is 5.72. The first-order valence-corrected chi connectivity index (χ1v) is 6.48. The van der Waals surface area contributed by atoms with Crippen LogP contribution in [0.4, 0.5) is 0 Å². The molecule has 0 atom stereocenters. The summed E-state index contributed by atoms with van der Waals surface area (Å²) >= 11 is 7.76. The van der Waals surface area contributed by atoms with E-state index in [0.29, 0.717) is 5.88 Å². The van der Waals surface area contributed by atoms with Crippen molar-refractivity contribution >= 4 is 23.4 Å². The lowest BCUT2D eigenvalue weighted by molar-refractivity contribution is 0.383. The summed E-state index contributed by atoms with van der Waals surface area (Å²) in [6.45, 7) is 0.926. The highest BCUT2D eigenvalue weighted by atomic mass is 35.5. The summed E-state index contributed by atoms with van der Waals surface area (Å²) in [6, 6.07) is 0. The number of nitrogens with zero attached hydrogens (tertiary/aromatic N) is 4. The van der Waals surface area contributed by atoms with Gasteiger partial charge in [0.05, 0.1) is 5.88 Å². The van der Waals surface area contributed by atoms with Crippen LogP contribution in [0.25, 0.3) is 0 Å². The number of tetrazole rings is 1. The Morgan fingerprint density at radius 3 is 2.93 bits per heavy atom. The van der Waals surface area contributed by atoms with Crippen molar-refractivity contribution in [2.75, 3.05) is 11.5 Å². The average Bonchev–Trinajstić information content (AvgIpc) is 2.67. The first-order chi connectivity index (χ1) is 6.90. The van der Waals surface area contributed by atoms with E-state index in [1.54, 1.807) is 0 Å². The molecule has 0 aromatic carbocycles. The van der Waals surface area contributed by atoms with Crippen molar-refractivity contribution in [2.24, 2.45) is 5.92 Å². The number of halogens is 1. The van der Waals surface area contributed by atoms with E-state index < -0.39 is 0 Å². The van der Waals surface area contributed by atoms with Gasteiger partial charge in [0.25, 0.3) is 0 Å². The van der Waals surface area contributed by atoms with Crippen molar-refractivity contribution in [3.63, 3.8) is 0 Å². The number of hydrogen-bond acceptors (Lipinski definition) is 4. The Morgan fingerprint density at radius 2 is 2.21 bits per heavy atom. The summed E-state index contributed by atoms with van der Waals surface area (Å²) in [7, 11) is 0. The lowest BCUT2D eigenvalue weighted by atomic mass is 10.0. The van der Waals surface area contributed by atoms with Crippen LogP contribution < -0.4 is 0 Å². The molecule has 0 N–H and O–H groups in total. The molecular formula is C8H13ClN4S. The van der Waals surface area contributed by atoms with Gasteiger partial charge in [0.1, 0.15) is 0 Å². The van der Waals surface area contributed by atoms with Crippen LogP contribution in [-0.4, -0.2) is 31.7 Å². The van der Waals surface area contributed by atoms with Crippen molar-refractivity contribution in [1.82, 2.24) is 20.2 Å². The second-order valence-corrected chi connectivity index (χ2v) is 4.96. The summed E-state index contributed by atoms with van der Waals surface area (Å²) in [6.07, 6.45) is 2.54. The van der Waals surface area contributed by atoms with Gasteiger partial charge in [0.15, 0.2) is 5.82 Å². The number of rotatable bonds is 3. The van der Waals surface area contributed by atoms with E-state index in [-0.39, 0.29) is 0 Å². The van der Waals surface area contributed by atoms with Gasteiger partial charge in [-0.1, -0.05) is 0 Å². The zero-order valence-electron chi connectivity index (χ0n) is 7.90. The van der Waals surface area contributed by atoms with Crippen LogP contribution in [0.5, 0.6) is 0 Å². The molecule has 1 aliphatic rings. The SMILES string of the molecule is ClCc1nnnn1CC1CCSCC1.